The van der Waals surface area contributed by atoms with E-state index in [0.29, 0.717) is 41.0 Å². The number of amidine groups is 1. The van der Waals surface area contributed by atoms with Crippen molar-refractivity contribution < 1.29 is 13.2 Å². The van der Waals surface area contributed by atoms with E-state index in [9.17, 15) is 13.2 Å². The van der Waals surface area contributed by atoms with Gasteiger partial charge in [0.2, 0.25) is 0 Å². The molecule has 1 aliphatic carbocycles. The maximum absolute atomic E-state index is 13.9. The van der Waals surface area contributed by atoms with Gasteiger partial charge in [0.15, 0.2) is 11.7 Å². The number of hydrogen-bond donors (Lipinski definition) is 1. The van der Waals surface area contributed by atoms with Gasteiger partial charge in [-0.1, -0.05) is 25.6 Å². The van der Waals surface area contributed by atoms with E-state index in [2.05, 4.69) is 21.8 Å². The van der Waals surface area contributed by atoms with Crippen LogP contribution >= 0.6 is 0 Å². The first kappa shape index (κ1) is 22.9. The van der Waals surface area contributed by atoms with E-state index in [4.69, 9.17) is 10.7 Å². The Morgan fingerprint density at radius 1 is 1.31 bits per heavy atom. The van der Waals surface area contributed by atoms with Crippen molar-refractivity contribution in [3.8, 4) is 11.4 Å². The van der Waals surface area contributed by atoms with Gasteiger partial charge >= 0.3 is 0 Å². The second kappa shape index (κ2) is 8.40. The summed E-state index contributed by atoms with van der Waals surface area (Å²) >= 11 is 0. The van der Waals surface area contributed by atoms with Crippen LogP contribution in [0, 0.1) is 12.7 Å². The van der Waals surface area contributed by atoms with E-state index >= 15 is 0 Å². The molecule has 3 aromatic rings. The first-order chi connectivity index (χ1) is 16.7. The van der Waals surface area contributed by atoms with Crippen LogP contribution in [-0.4, -0.2) is 47.0 Å². The standard InChI is InChI=1S/C24H25F3N8/c1-4-19-23-32-31-15(3)34(23)20(13-28)22(35(19)18-11-24(26,27)12-18)30-14(2)33-9-8-29-21(33)16-6-5-7-17(25)10-16/h5-10,13,18-19H,2,4,11-12,28H2,1,3H3/b20-13+,30-22?/t19-/m1/s1. The van der Waals surface area contributed by atoms with E-state index in [1.165, 1.54) is 18.3 Å². The fourth-order valence-corrected chi connectivity index (χ4v) is 4.82. The molecule has 1 saturated carbocycles. The monoisotopic (exact) mass is 482 g/mol. The molecule has 5 rings (SSSR count). The molecule has 1 fully saturated rings. The molecule has 8 nitrogen and oxygen atoms in total. The van der Waals surface area contributed by atoms with Crippen LogP contribution in [0.4, 0.5) is 13.2 Å². The summed E-state index contributed by atoms with van der Waals surface area (Å²) in [6, 6.07) is 5.27. The van der Waals surface area contributed by atoms with E-state index in [0.717, 1.165) is 0 Å². The highest BCUT2D eigenvalue weighted by Gasteiger charge is 2.52. The van der Waals surface area contributed by atoms with Crippen molar-refractivity contribution in [1.82, 2.24) is 29.2 Å². The zero-order valence-electron chi connectivity index (χ0n) is 19.4. The van der Waals surface area contributed by atoms with E-state index in [-0.39, 0.29) is 24.7 Å². The molecule has 2 aromatic heterocycles. The van der Waals surface area contributed by atoms with Crippen LogP contribution in [0.25, 0.3) is 22.9 Å². The van der Waals surface area contributed by atoms with Gasteiger partial charge in [0.1, 0.15) is 29.0 Å². The minimum atomic E-state index is -2.73. The molecule has 35 heavy (non-hydrogen) atoms. The molecule has 3 heterocycles. The summed E-state index contributed by atoms with van der Waals surface area (Å²) in [7, 11) is 0. The molecular formula is C24H25F3N8. The van der Waals surface area contributed by atoms with Gasteiger partial charge < -0.3 is 10.6 Å². The van der Waals surface area contributed by atoms with Gasteiger partial charge in [-0.25, -0.2) is 23.1 Å². The third kappa shape index (κ3) is 3.80. The second-order valence-corrected chi connectivity index (χ2v) is 8.72. The van der Waals surface area contributed by atoms with Crippen molar-refractivity contribution in [3.63, 3.8) is 0 Å². The Bertz CT molecular complexity index is 1340. The molecule has 0 spiro atoms. The van der Waals surface area contributed by atoms with E-state index in [1.807, 2.05) is 11.8 Å². The van der Waals surface area contributed by atoms with Crippen LogP contribution in [0.3, 0.4) is 0 Å². The molecular weight excluding hydrogens is 457 g/mol. The Kier molecular flexibility index (Phi) is 5.49. The average molecular weight is 483 g/mol. The third-order valence-electron chi connectivity index (χ3n) is 6.44. The molecule has 0 unspecified atom stereocenters. The zero-order chi connectivity index (χ0) is 24.9. The molecule has 11 heteroatoms. The fourth-order valence-electron chi connectivity index (χ4n) is 4.82. The number of halogens is 3. The number of aliphatic imine (C=N–C) groups is 1. The SMILES string of the molecule is C=C(N=C1/C(=C\N)n2c(C)nnc2[C@@H](CC)N1C1CC(F)(F)C1)n1ccnc1-c1cccc(F)c1. The van der Waals surface area contributed by atoms with Crippen molar-refractivity contribution in [1.29, 1.82) is 0 Å². The number of benzene rings is 1. The van der Waals surface area contributed by atoms with Crippen molar-refractivity contribution in [2.24, 2.45) is 10.7 Å². The number of hydrogen-bond acceptors (Lipinski definition) is 5. The van der Waals surface area contributed by atoms with Crippen LogP contribution in [0.2, 0.25) is 0 Å². The van der Waals surface area contributed by atoms with Crippen molar-refractivity contribution in [2.45, 2.75) is 51.1 Å². The average Bonchev–Trinajstić information content (AvgIpc) is 3.44. The van der Waals surface area contributed by atoms with Crippen LogP contribution < -0.4 is 5.73 Å². The Balaban J connectivity index is 1.62. The quantitative estimate of drug-likeness (QED) is 0.581. The summed E-state index contributed by atoms with van der Waals surface area (Å²) in [6.45, 7) is 7.87. The third-order valence-corrected chi connectivity index (χ3v) is 6.44. The zero-order valence-corrected chi connectivity index (χ0v) is 19.4. The lowest BCUT2D eigenvalue weighted by Gasteiger charge is -2.49. The van der Waals surface area contributed by atoms with Crippen LogP contribution in [0.5, 0.6) is 0 Å². The van der Waals surface area contributed by atoms with Gasteiger partial charge in [0, 0.05) is 43.0 Å². The summed E-state index contributed by atoms with van der Waals surface area (Å²) < 4.78 is 45.2. The number of alkyl halides is 2. The van der Waals surface area contributed by atoms with Crippen molar-refractivity contribution >= 4 is 17.4 Å². The normalized spacial score (nSPS) is 21.9. The summed E-state index contributed by atoms with van der Waals surface area (Å²) in [5.74, 6) is -0.765. The second-order valence-electron chi connectivity index (χ2n) is 8.72. The topological polar surface area (TPSA) is 90.1 Å². The number of aryl methyl sites for hydroxylation is 1. The predicted octanol–water partition coefficient (Wildman–Crippen LogP) is 4.44. The highest BCUT2D eigenvalue weighted by molar-refractivity contribution is 6.19. The highest BCUT2D eigenvalue weighted by Crippen LogP contribution is 2.46. The number of rotatable bonds is 5. The lowest BCUT2D eigenvalue weighted by atomic mass is 9.84. The molecule has 0 amide bonds. The van der Waals surface area contributed by atoms with Gasteiger partial charge in [0.25, 0.3) is 5.92 Å². The number of aromatic nitrogens is 5. The molecule has 2 aliphatic rings. The van der Waals surface area contributed by atoms with Crippen LogP contribution in [0.1, 0.15) is 43.9 Å². The lowest BCUT2D eigenvalue weighted by molar-refractivity contribution is -0.118. The van der Waals surface area contributed by atoms with E-state index < -0.39 is 17.8 Å². The molecule has 1 aliphatic heterocycles. The maximum atomic E-state index is 13.9. The molecule has 1 atom stereocenters. The summed E-state index contributed by atoms with van der Waals surface area (Å²) in [5.41, 5.74) is 7.08. The first-order valence-electron chi connectivity index (χ1n) is 11.3. The van der Waals surface area contributed by atoms with Gasteiger partial charge in [-0.3, -0.25) is 9.13 Å². The molecule has 1 aromatic carbocycles. The molecule has 2 N–H and O–H groups in total. The maximum Gasteiger partial charge on any atom is 0.252 e. The van der Waals surface area contributed by atoms with Gasteiger partial charge in [-0.2, -0.15) is 0 Å². The summed E-state index contributed by atoms with van der Waals surface area (Å²) in [4.78, 5) is 11.0. The van der Waals surface area contributed by atoms with Gasteiger partial charge in [-0.05, 0) is 25.5 Å². The minimum Gasteiger partial charge on any atom is -0.403 e. The number of imidazole rings is 1. The van der Waals surface area contributed by atoms with Gasteiger partial charge in [-0.15, -0.1) is 10.2 Å². The predicted molar refractivity (Wildman–Crippen MR) is 126 cm³/mol. The Hall–Kier alpha value is -3.89. The van der Waals surface area contributed by atoms with E-state index in [1.54, 1.807) is 40.6 Å². The van der Waals surface area contributed by atoms with Crippen molar-refractivity contribution in [3.05, 3.63) is 66.9 Å². The Morgan fingerprint density at radius 2 is 2.09 bits per heavy atom. The summed E-state index contributed by atoms with van der Waals surface area (Å²) in [6.07, 6.45) is 4.62. The highest BCUT2D eigenvalue weighted by atomic mass is 19.3. The molecule has 0 radical (unpaired) electrons. The fraction of sp³-hybridized carbons (Fsp3) is 0.333. The Labute approximate surface area is 200 Å². The van der Waals surface area contributed by atoms with Crippen LogP contribution in [-0.2, 0) is 0 Å². The van der Waals surface area contributed by atoms with Gasteiger partial charge in [0.05, 0.1) is 6.04 Å². The largest absolute Gasteiger partial charge is 0.403 e. The number of fused-ring (bicyclic) bond motifs is 1. The summed E-state index contributed by atoms with van der Waals surface area (Å²) in [5, 5.41) is 8.52. The molecule has 0 bridgehead atoms. The Morgan fingerprint density at radius 3 is 2.74 bits per heavy atom. The first-order valence-corrected chi connectivity index (χ1v) is 11.3. The molecule has 182 valence electrons. The smallest absolute Gasteiger partial charge is 0.252 e. The lowest BCUT2D eigenvalue weighted by Crippen LogP contribution is -2.56. The van der Waals surface area contributed by atoms with Crippen molar-refractivity contribution in [2.75, 3.05) is 0 Å². The minimum absolute atomic E-state index is 0.274. The van der Waals surface area contributed by atoms with Crippen LogP contribution in [0.15, 0.2) is 54.4 Å². The number of nitrogens with two attached hydrogens (primary N) is 1. The number of nitrogens with zero attached hydrogens (tertiary/aromatic N) is 7. The molecule has 0 saturated heterocycles.